The fourth-order valence-corrected chi connectivity index (χ4v) is 1.53. The van der Waals surface area contributed by atoms with Gasteiger partial charge in [-0.1, -0.05) is 12.1 Å². The normalized spacial score (nSPS) is 11.1. The third-order valence-electron chi connectivity index (χ3n) is 2.98. The molecule has 0 saturated heterocycles. The molecule has 0 aliphatic rings. The first-order chi connectivity index (χ1) is 8.86. The van der Waals surface area contributed by atoms with Gasteiger partial charge in [0.1, 0.15) is 0 Å². The molecule has 0 bridgehead atoms. The molecule has 0 heterocycles. The maximum absolute atomic E-state index is 12.0. The van der Waals surface area contributed by atoms with Gasteiger partial charge in [-0.25, -0.2) is 0 Å². The minimum atomic E-state index is -0.759. The highest BCUT2D eigenvalue weighted by Crippen LogP contribution is 2.12. The average molecular weight is 263 g/mol. The van der Waals surface area contributed by atoms with E-state index in [4.69, 9.17) is 11.5 Å². The van der Waals surface area contributed by atoms with Crippen LogP contribution in [0, 0.1) is 5.41 Å². The van der Waals surface area contributed by atoms with Gasteiger partial charge in [0.25, 0.3) is 5.91 Å². The van der Waals surface area contributed by atoms with Crippen molar-refractivity contribution in [2.75, 3.05) is 13.1 Å². The van der Waals surface area contributed by atoms with Gasteiger partial charge in [-0.15, -0.1) is 0 Å². The van der Waals surface area contributed by atoms with Crippen LogP contribution in [0.4, 0.5) is 0 Å². The Morgan fingerprint density at radius 2 is 2.00 bits per heavy atom. The lowest BCUT2D eigenvalue weighted by atomic mass is 9.92. The first-order valence-electron chi connectivity index (χ1n) is 6.24. The summed E-state index contributed by atoms with van der Waals surface area (Å²) in [6.45, 7) is 4.14. The Morgan fingerprint density at radius 1 is 1.32 bits per heavy atom. The standard InChI is InChI=1S/C14H21N3O2/c1-14(2,13(16)19)9-17-12(18)11-5-3-4-10(8-11)6-7-15/h3-5,8H,6-7,9,15H2,1-2H3,(H2,16,19)(H,17,18). The number of rotatable bonds is 6. The Kier molecular flexibility index (Phi) is 5.06. The van der Waals surface area contributed by atoms with Crippen molar-refractivity contribution in [2.45, 2.75) is 20.3 Å². The van der Waals surface area contributed by atoms with E-state index in [0.717, 1.165) is 12.0 Å². The van der Waals surface area contributed by atoms with E-state index in [1.807, 2.05) is 12.1 Å². The van der Waals surface area contributed by atoms with Crippen molar-refractivity contribution in [1.29, 1.82) is 0 Å². The summed E-state index contributed by atoms with van der Waals surface area (Å²) in [5, 5.41) is 2.72. The summed E-state index contributed by atoms with van der Waals surface area (Å²) in [4.78, 5) is 23.1. The Hall–Kier alpha value is -1.88. The summed E-state index contributed by atoms with van der Waals surface area (Å²) >= 11 is 0. The summed E-state index contributed by atoms with van der Waals surface area (Å²) in [6.07, 6.45) is 0.730. The lowest BCUT2D eigenvalue weighted by molar-refractivity contribution is -0.125. The van der Waals surface area contributed by atoms with Crippen LogP contribution >= 0.6 is 0 Å². The molecule has 1 rings (SSSR count). The molecule has 0 aromatic heterocycles. The van der Waals surface area contributed by atoms with Crippen LogP contribution in [0.25, 0.3) is 0 Å². The van der Waals surface area contributed by atoms with Gasteiger partial charge in [-0.3, -0.25) is 9.59 Å². The van der Waals surface area contributed by atoms with Crippen LogP contribution < -0.4 is 16.8 Å². The van der Waals surface area contributed by atoms with Crippen molar-refractivity contribution in [3.05, 3.63) is 35.4 Å². The van der Waals surface area contributed by atoms with Crippen LogP contribution in [0.5, 0.6) is 0 Å². The Bertz CT molecular complexity index is 470. The van der Waals surface area contributed by atoms with E-state index in [2.05, 4.69) is 5.32 Å². The summed E-state index contributed by atoms with van der Waals surface area (Å²) in [6, 6.07) is 7.28. The Balaban J connectivity index is 2.68. The molecule has 19 heavy (non-hydrogen) atoms. The van der Waals surface area contributed by atoms with Crippen LogP contribution in [0.1, 0.15) is 29.8 Å². The number of nitrogens with one attached hydrogen (secondary N) is 1. The van der Waals surface area contributed by atoms with Crippen molar-refractivity contribution in [3.63, 3.8) is 0 Å². The minimum absolute atomic E-state index is 0.211. The Labute approximate surface area is 113 Å². The highest BCUT2D eigenvalue weighted by Gasteiger charge is 2.25. The number of benzene rings is 1. The number of nitrogens with two attached hydrogens (primary N) is 2. The van der Waals surface area contributed by atoms with E-state index < -0.39 is 11.3 Å². The number of primary amides is 1. The molecule has 0 aliphatic heterocycles. The smallest absolute Gasteiger partial charge is 0.251 e. The van der Waals surface area contributed by atoms with E-state index in [0.29, 0.717) is 12.1 Å². The van der Waals surface area contributed by atoms with Crippen molar-refractivity contribution in [2.24, 2.45) is 16.9 Å². The molecule has 0 spiro atoms. The second-order valence-electron chi connectivity index (χ2n) is 5.17. The van der Waals surface area contributed by atoms with Crippen molar-refractivity contribution in [1.82, 2.24) is 5.32 Å². The molecule has 0 atom stereocenters. The van der Waals surface area contributed by atoms with Crippen molar-refractivity contribution >= 4 is 11.8 Å². The molecule has 5 nitrogen and oxygen atoms in total. The summed E-state index contributed by atoms with van der Waals surface area (Å²) < 4.78 is 0. The van der Waals surface area contributed by atoms with Gasteiger partial charge in [0.15, 0.2) is 0 Å². The van der Waals surface area contributed by atoms with Crippen LogP contribution in [-0.2, 0) is 11.2 Å². The monoisotopic (exact) mass is 263 g/mol. The molecule has 0 fully saturated rings. The number of hydrogen-bond acceptors (Lipinski definition) is 3. The van der Waals surface area contributed by atoms with Gasteiger partial charge in [0.05, 0.1) is 5.41 Å². The molecule has 0 radical (unpaired) electrons. The number of carbonyl (C=O) groups is 2. The van der Waals surface area contributed by atoms with Gasteiger partial charge in [-0.05, 0) is 44.5 Å². The third kappa shape index (κ3) is 4.37. The maximum Gasteiger partial charge on any atom is 0.251 e. The molecule has 104 valence electrons. The third-order valence-corrected chi connectivity index (χ3v) is 2.98. The fourth-order valence-electron chi connectivity index (χ4n) is 1.53. The van der Waals surface area contributed by atoms with Crippen LogP contribution in [0.15, 0.2) is 24.3 Å². The lowest BCUT2D eigenvalue weighted by Gasteiger charge is -2.20. The zero-order chi connectivity index (χ0) is 14.5. The molecule has 2 amide bonds. The second kappa shape index (κ2) is 6.33. The second-order valence-corrected chi connectivity index (χ2v) is 5.17. The first kappa shape index (κ1) is 15.2. The van der Waals surface area contributed by atoms with Gasteiger partial charge < -0.3 is 16.8 Å². The molecule has 0 saturated carbocycles. The molecule has 0 unspecified atom stereocenters. The zero-order valence-electron chi connectivity index (χ0n) is 11.4. The largest absolute Gasteiger partial charge is 0.369 e. The number of amides is 2. The van der Waals surface area contributed by atoms with E-state index >= 15 is 0 Å². The minimum Gasteiger partial charge on any atom is -0.369 e. The summed E-state index contributed by atoms with van der Waals surface area (Å²) in [5.74, 6) is -0.655. The van der Waals surface area contributed by atoms with E-state index in [1.54, 1.807) is 26.0 Å². The highest BCUT2D eigenvalue weighted by atomic mass is 16.2. The molecule has 0 aliphatic carbocycles. The zero-order valence-corrected chi connectivity index (χ0v) is 11.4. The number of carbonyl (C=O) groups excluding carboxylic acids is 2. The first-order valence-corrected chi connectivity index (χ1v) is 6.24. The van der Waals surface area contributed by atoms with Crippen molar-refractivity contribution < 1.29 is 9.59 Å². The van der Waals surface area contributed by atoms with E-state index in [1.165, 1.54) is 0 Å². The summed E-state index contributed by atoms with van der Waals surface area (Å²) in [5.41, 5.74) is 11.6. The fraction of sp³-hybridized carbons (Fsp3) is 0.429. The topological polar surface area (TPSA) is 98.2 Å². The van der Waals surface area contributed by atoms with Gasteiger partial charge in [0.2, 0.25) is 5.91 Å². The molecule has 1 aromatic carbocycles. The summed E-state index contributed by atoms with van der Waals surface area (Å²) in [7, 11) is 0. The SMILES string of the molecule is CC(C)(CNC(=O)c1cccc(CCN)c1)C(N)=O. The molecule has 5 N–H and O–H groups in total. The van der Waals surface area contributed by atoms with Crippen LogP contribution in [-0.4, -0.2) is 24.9 Å². The molecule has 5 heteroatoms. The predicted octanol–water partition coefficient (Wildman–Crippen LogP) is 0.429. The van der Waals surface area contributed by atoms with Crippen LogP contribution in [0.3, 0.4) is 0 Å². The lowest BCUT2D eigenvalue weighted by Crippen LogP contribution is -2.42. The molecular weight excluding hydrogens is 242 g/mol. The van der Waals surface area contributed by atoms with Crippen LogP contribution in [0.2, 0.25) is 0 Å². The van der Waals surface area contributed by atoms with Gasteiger partial charge in [0, 0.05) is 12.1 Å². The quantitative estimate of drug-likeness (QED) is 0.694. The predicted molar refractivity (Wildman–Crippen MR) is 74.5 cm³/mol. The van der Waals surface area contributed by atoms with Crippen molar-refractivity contribution in [3.8, 4) is 0 Å². The number of hydrogen-bond donors (Lipinski definition) is 3. The maximum atomic E-state index is 12.0. The van der Waals surface area contributed by atoms with Gasteiger partial charge >= 0.3 is 0 Å². The molecule has 1 aromatic rings. The Morgan fingerprint density at radius 3 is 2.58 bits per heavy atom. The molecular formula is C14H21N3O2. The highest BCUT2D eigenvalue weighted by molar-refractivity contribution is 5.94. The van der Waals surface area contributed by atoms with Gasteiger partial charge in [-0.2, -0.15) is 0 Å². The average Bonchev–Trinajstić information content (AvgIpc) is 2.36. The van der Waals surface area contributed by atoms with E-state index in [9.17, 15) is 9.59 Å². The van der Waals surface area contributed by atoms with E-state index in [-0.39, 0.29) is 12.5 Å².